The number of carbonyl (C=O) groups excluding carboxylic acids is 1. The van der Waals surface area contributed by atoms with Gasteiger partial charge < -0.3 is 26.2 Å². The highest BCUT2D eigenvalue weighted by atomic mass is 16.2. The fourth-order valence-electron chi connectivity index (χ4n) is 4.97. The van der Waals surface area contributed by atoms with Crippen molar-refractivity contribution in [2.24, 2.45) is 17.4 Å². The molecule has 190 valence electrons. The van der Waals surface area contributed by atoms with Crippen LogP contribution in [0.2, 0.25) is 0 Å². The summed E-state index contributed by atoms with van der Waals surface area (Å²) in [7, 11) is 0. The van der Waals surface area contributed by atoms with E-state index >= 15 is 0 Å². The number of piperazine rings is 1. The molecule has 2 fully saturated rings. The van der Waals surface area contributed by atoms with Gasteiger partial charge in [0.1, 0.15) is 5.82 Å². The zero-order valence-electron chi connectivity index (χ0n) is 21.0. The Labute approximate surface area is 207 Å². The number of amides is 1. The smallest absolute Gasteiger partial charge is 0.353 e. The Morgan fingerprint density at radius 1 is 1.09 bits per heavy atom. The van der Waals surface area contributed by atoms with Gasteiger partial charge in [-0.05, 0) is 75.9 Å². The van der Waals surface area contributed by atoms with Crippen LogP contribution in [0.4, 0.5) is 5.82 Å². The van der Waals surface area contributed by atoms with E-state index in [9.17, 15) is 9.59 Å². The topological polar surface area (TPSA) is 114 Å². The van der Waals surface area contributed by atoms with Crippen molar-refractivity contribution < 1.29 is 4.79 Å². The summed E-state index contributed by atoms with van der Waals surface area (Å²) in [6.45, 7) is 9.88. The highest BCUT2D eigenvalue weighted by Gasteiger charge is 2.30. The standard InChI is InChI=1S/C26H39N7O2/c1-26(2,28)24(34)32-16-14-31(15-17-32)23-10-13-33(25(35)29-23)22-7-5-20(6-8-22)9-12-30-11-3-4-21(18-27)19-30/h5-8,10,13,21H,3-4,9,11-12,14-19,27-28H2,1-2H3. The molecule has 2 aromatic rings. The third-order valence-electron chi connectivity index (χ3n) is 7.10. The van der Waals surface area contributed by atoms with E-state index in [1.165, 1.54) is 18.4 Å². The summed E-state index contributed by atoms with van der Waals surface area (Å²) < 4.78 is 1.57. The molecule has 0 spiro atoms. The SMILES string of the molecule is CC(C)(N)C(=O)N1CCN(c2ccn(-c3ccc(CCN4CCCC(CN)C4)cc3)c(=O)n2)CC1. The van der Waals surface area contributed by atoms with Gasteiger partial charge in [0, 0.05) is 45.5 Å². The number of likely N-dealkylation sites (tertiary alicyclic amines) is 1. The second-order valence-electron chi connectivity index (χ2n) is 10.4. The summed E-state index contributed by atoms with van der Waals surface area (Å²) in [5.74, 6) is 1.21. The van der Waals surface area contributed by atoms with Gasteiger partial charge in [-0.3, -0.25) is 9.36 Å². The molecule has 4 rings (SSSR count). The van der Waals surface area contributed by atoms with Crippen LogP contribution in [0.5, 0.6) is 0 Å². The van der Waals surface area contributed by atoms with E-state index in [1.807, 2.05) is 23.1 Å². The summed E-state index contributed by atoms with van der Waals surface area (Å²) in [5.41, 5.74) is 12.7. The van der Waals surface area contributed by atoms with Crippen LogP contribution >= 0.6 is 0 Å². The summed E-state index contributed by atoms with van der Waals surface area (Å²) in [6, 6.07) is 10.0. The van der Waals surface area contributed by atoms with Crippen molar-refractivity contribution in [1.82, 2.24) is 19.4 Å². The number of nitrogens with two attached hydrogens (primary N) is 2. The Kier molecular flexibility index (Phi) is 7.88. The van der Waals surface area contributed by atoms with Crippen molar-refractivity contribution in [1.29, 1.82) is 0 Å². The minimum atomic E-state index is -0.877. The van der Waals surface area contributed by atoms with E-state index < -0.39 is 5.54 Å². The monoisotopic (exact) mass is 481 g/mol. The Hall–Kier alpha value is -2.75. The summed E-state index contributed by atoms with van der Waals surface area (Å²) in [4.78, 5) is 35.8. The lowest BCUT2D eigenvalue weighted by Gasteiger charge is -2.37. The van der Waals surface area contributed by atoms with Crippen LogP contribution in [0.15, 0.2) is 41.3 Å². The summed E-state index contributed by atoms with van der Waals surface area (Å²) in [5, 5.41) is 0. The van der Waals surface area contributed by atoms with Crippen LogP contribution in [0.25, 0.3) is 5.69 Å². The van der Waals surface area contributed by atoms with Crippen LogP contribution in [-0.2, 0) is 11.2 Å². The maximum Gasteiger partial charge on any atom is 0.354 e. The molecule has 1 atom stereocenters. The molecule has 0 bridgehead atoms. The first-order valence-electron chi connectivity index (χ1n) is 12.7. The normalized spacial score (nSPS) is 19.7. The van der Waals surface area contributed by atoms with Gasteiger partial charge in [0.25, 0.3) is 0 Å². The molecule has 2 aliphatic heterocycles. The molecule has 9 nitrogen and oxygen atoms in total. The second kappa shape index (κ2) is 10.9. The molecular formula is C26H39N7O2. The Balaban J connectivity index is 1.34. The molecular weight excluding hydrogens is 442 g/mol. The predicted molar refractivity (Wildman–Crippen MR) is 139 cm³/mol. The summed E-state index contributed by atoms with van der Waals surface area (Å²) >= 11 is 0. The van der Waals surface area contributed by atoms with Crippen molar-refractivity contribution in [3.8, 4) is 5.69 Å². The molecule has 3 heterocycles. The van der Waals surface area contributed by atoms with Crippen molar-refractivity contribution in [3.05, 3.63) is 52.6 Å². The molecule has 1 aromatic heterocycles. The van der Waals surface area contributed by atoms with E-state index in [0.29, 0.717) is 37.9 Å². The third-order valence-corrected chi connectivity index (χ3v) is 7.10. The van der Waals surface area contributed by atoms with Gasteiger partial charge in [0.2, 0.25) is 5.91 Å². The first-order valence-corrected chi connectivity index (χ1v) is 12.7. The first kappa shape index (κ1) is 25.3. The minimum absolute atomic E-state index is 0.0559. The number of anilines is 1. The Bertz CT molecular complexity index is 1050. The summed E-state index contributed by atoms with van der Waals surface area (Å²) in [6.07, 6.45) is 5.23. The molecule has 0 saturated carbocycles. The van der Waals surface area contributed by atoms with Gasteiger partial charge in [-0.1, -0.05) is 12.1 Å². The van der Waals surface area contributed by atoms with Crippen LogP contribution in [-0.4, -0.2) is 83.2 Å². The molecule has 1 unspecified atom stereocenters. The fraction of sp³-hybridized carbons (Fsp3) is 0.577. The number of aromatic nitrogens is 2. The maximum absolute atomic E-state index is 12.8. The average Bonchev–Trinajstić information content (AvgIpc) is 2.87. The van der Waals surface area contributed by atoms with E-state index in [1.54, 1.807) is 29.5 Å². The molecule has 4 N–H and O–H groups in total. The number of rotatable bonds is 7. The zero-order valence-corrected chi connectivity index (χ0v) is 21.0. The number of hydrogen-bond acceptors (Lipinski definition) is 7. The molecule has 0 radical (unpaired) electrons. The second-order valence-corrected chi connectivity index (χ2v) is 10.4. The molecule has 2 saturated heterocycles. The van der Waals surface area contributed by atoms with E-state index in [2.05, 4.69) is 22.0 Å². The number of benzene rings is 1. The van der Waals surface area contributed by atoms with E-state index in [0.717, 1.165) is 38.3 Å². The van der Waals surface area contributed by atoms with Crippen LogP contribution in [0.3, 0.4) is 0 Å². The van der Waals surface area contributed by atoms with Crippen molar-refractivity contribution in [3.63, 3.8) is 0 Å². The van der Waals surface area contributed by atoms with Crippen molar-refractivity contribution in [2.45, 2.75) is 38.6 Å². The number of piperidine rings is 1. The van der Waals surface area contributed by atoms with Gasteiger partial charge >= 0.3 is 5.69 Å². The van der Waals surface area contributed by atoms with Gasteiger partial charge in [-0.2, -0.15) is 4.98 Å². The highest BCUT2D eigenvalue weighted by Crippen LogP contribution is 2.17. The quantitative estimate of drug-likeness (QED) is 0.602. The minimum Gasteiger partial charge on any atom is -0.353 e. The lowest BCUT2D eigenvalue weighted by molar-refractivity contribution is -0.136. The van der Waals surface area contributed by atoms with Crippen LogP contribution < -0.4 is 22.1 Å². The Morgan fingerprint density at radius 3 is 2.43 bits per heavy atom. The maximum atomic E-state index is 12.8. The molecule has 1 amide bonds. The number of carbonyl (C=O) groups is 1. The highest BCUT2D eigenvalue weighted by molar-refractivity contribution is 5.85. The molecule has 9 heteroatoms. The lowest BCUT2D eigenvalue weighted by atomic mass is 9.98. The van der Waals surface area contributed by atoms with Gasteiger partial charge in [0.15, 0.2) is 0 Å². The van der Waals surface area contributed by atoms with Gasteiger partial charge in [0.05, 0.1) is 11.2 Å². The average molecular weight is 482 g/mol. The predicted octanol–water partition coefficient (Wildman–Crippen LogP) is 0.832. The zero-order chi connectivity index (χ0) is 25.0. The van der Waals surface area contributed by atoms with Crippen molar-refractivity contribution in [2.75, 3.05) is 57.3 Å². The molecule has 0 aliphatic carbocycles. The molecule has 2 aliphatic rings. The largest absolute Gasteiger partial charge is 0.354 e. The Morgan fingerprint density at radius 2 is 1.80 bits per heavy atom. The molecule has 35 heavy (non-hydrogen) atoms. The molecule has 1 aromatic carbocycles. The number of hydrogen-bond donors (Lipinski definition) is 2. The first-order chi connectivity index (χ1) is 16.7. The van der Waals surface area contributed by atoms with Crippen LogP contribution in [0, 0.1) is 5.92 Å². The van der Waals surface area contributed by atoms with Gasteiger partial charge in [-0.15, -0.1) is 0 Å². The van der Waals surface area contributed by atoms with E-state index in [-0.39, 0.29) is 11.6 Å². The third kappa shape index (κ3) is 6.28. The van der Waals surface area contributed by atoms with Crippen LogP contribution in [0.1, 0.15) is 32.3 Å². The van der Waals surface area contributed by atoms with Gasteiger partial charge in [-0.25, -0.2) is 4.79 Å². The van der Waals surface area contributed by atoms with Crippen molar-refractivity contribution >= 4 is 11.7 Å². The lowest BCUT2D eigenvalue weighted by Crippen LogP contribution is -2.57. The van der Waals surface area contributed by atoms with E-state index in [4.69, 9.17) is 11.5 Å². The fourth-order valence-corrected chi connectivity index (χ4v) is 4.97. The number of nitrogens with zero attached hydrogens (tertiary/aromatic N) is 5.